The monoisotopic (exact) mass is 309 g/mol. The molecule has 7 heteroatoms. The van der Waals surface area contributed by atoms with Crippen molar-refractivity contribution in [3.8, 4) is 0 Å². The fraction of sp³-hybridized carbons (Fsp3) is 0.455. The number of aliphatic hydroxyl groups is 1. The smallest absolute Gasteiger partial charge is 0.240 e. The Morgan fingerprint density at radius 1 is 1.50 bits per heavy atom. The quantitative estimate of drug-likeness (QED) is 0.840. The second-order valence-corrected chi connectivity index (χ2v) is 7.28. The minimum absolute atomic E-state index is 0.0390. The van der Waals surface area contributed by atoms with Crippen molar-refractivity contribution in [1.82, 2.24) is 4.72 Å². The first-order valence-corrected chi connectivity index (χ1v) is 8.49. The number of hydrogen-bond donors (Lipinski definition) is 2. The normalized spacial score (nSPS) is 15.3. The molecule has 1 atom stereocenters. The van der Waals surface area contributed by atoms with Gasteiger partial charge in [0.2, 0.25) is 10.0 Å². The molecule has 0 unspecified atom stereocenters. The van der Waals surface area contributed by atoms with Crippen molar-refractivity contribution in [2.45, 2.75) is 17.4 Å². The van der Waals surface area contributed by atoms with Gasteiger partial charge < -0.3 is 5.11 Å². The zero-order valence-corrected chi connectivity index (χ0v) is 12.6. The van der Waals surface area contributed by atoms with E-state index in [1.165, 1.54) is 23.9 Å². The zero-order chi connectivity index (χ0) is 13.8. The lowest BCUT2D eigenvalue weighted by molar-refractivity contribution is 0.0908. The predicted octanol–water partition coefficient (Wildman–Crippen LogP) is 1.73. The third kappa shape index (κ3) is 4.78. The summed E-state index contributed by atoms with van der Waals surface area (Å²) in [7, 11) is -3.64. The molecular formula is C11H16ClNO3S2. The molecule has 2 N–H and O–H groups in total. The second kappa shape index (κ2) is 6.25. The van der Waals surface area contributed by atoms with Crippen molar-refractivity contribution in [1.29, 1.82) is 0 Å². The number of benzene rings is 1. The van der Waals surface area contributed by atoms with Crippen LogP contribution in [0, 0.1) is 0 Å². The van der Waals surface area contributed by atoms with Gasteiger partial charge in [-0.05, 0) is 31.4 Å². The molecule has 0 aromatic heterocycles. The first kappa shape index (κ1) is 15.8. The van der Waals surface area contributed by atoms with Crippen molar-refractivity contribution >= 4 is 33.4 Å². The van der Waals surface area contributed by atoms with Crippen molar-refractivity contribution < 1.29 is 13.5 Å². The molecule has 0 aliphatic carbocycles. The van der Waals surface area contributed by atoms with E-state index in [0.717, 1.165) is 0 Å². The van der Waals surface area contributed by atoms with E-state index in [4.69, 9.17) is 11.6 Å². The summed E-state index contributed by atoms with van der Waals surface area (Å²) < 4.78 is 26.3. The molecule has 102 valence electrons. The van der Waals surface area contributed by atoms with Crippen LogP contribution in [0.1, 0.15) is 6.92 Å². The Bertz CT molecular complexity index is 503. The third-order valence-corrected chi connectivity index (χ3v) is 4.75. The van der Waals surface area contributed by atoms with Crippen LogP contribution in [0.25, 0.3) is 0 Å². The lowest BCUT2D eigenvalue weighted by atomic mass is 10.1. The Labute approximate surface area is 117 Å². The highest BCUT2D eigenvalue weighted by molar-refractivity contribution is 7.98. The molecule has 0 spiro atoms. The van der Waals surface area contributed by atoms with E-state index in [-0.39, 0.29) is 11.4 Å². The molecule has 0 heterocycles. The Morgan fingerprint density at radius 2 is 2.17 bits per heavy atom. The molecular weight excluding hydrogens is 294 g/mol. The summed E-state index contributed by atoms with van der Waals surface area (Å²) >= 11 is 7.20. The molecule has 1 aromatic rings. The summed E-state index contributed by atoms with van der Waals surface area (Å²) in [5.41, 5.74) is -1.08. The fourth-order valence-corrected chi connectivity index (χ4v) is 3.52. The van der Waals surface area contributed by atoms with Gasteiger partial charge in [-0.2, -0.15) is 11.8 Å². The topological polar surface area (TPSA) is 66.4 Å². The second-order valence-electron chi connectivity index (χ2n) is 4.21. The standard InChI is InChI=1S/C11H16ClNO3S2/c1-11(14,8-17-2)7-13-18(15,16)10-5-3-4-9(12)6-10/h3-6,13-14H,7-8H2,1-2H3/t11-/m1/s1. The van der Waals surface area contributed by atoms with Crippen LogP contribution in [0.4, 0.5) is 0 Å². The van der Waals surface area contributed by atoms with E-state index in [9.17, 15) is 13.5 Å². The average molecular weight is 310 g/mol. The first-order valence-electron chi connectivity index (χ1n) is 5.23. The summed E-state index contributed by atoms with van der Waals surface area (Å²) in [5, 5.41) is 10.3. The molecule has 0 bridgehead atoms. The Kier molecular flexibility index (Phi) is 5.48. The van der Waals surface area contributed by atoms with Crippen LogP contribution in [0.5, 0.6) is 0 Å². The Hall–Kier alpha value is -0.270. The van der Waals surface area contributed by atoms with Gasteiger partial charge in [0.15, 0.2) is 0 Å². The van der Waals surface area contributed by atoms with Gasteiger partial charge in [0.05, 0.1) is 10.5 Å². The molecule has 0 amide bonds. The lowest BCUT2D eigenvalue weighted by Crippen LogP contribution is -2.42. The highest BCUT2D eigenvalue weighted by atomic mass is 35.5. The number of thioether (sulfide) groups is 1. The Morgan fingerprint density at radius 3 is 2.72 bits per heavy atom. The van der Waals surface area contributed by atoms with Gasteiger partial charge in [0, 0.05) is 17.3 Å². The van der Waals surface area contributed by atoms with Crippen molar-refractivity contribution in [3.05, 3.63) is 29.3 Å². The molecule has 0 radical (unpaired) electrons. The highest BCUT2D eigenvalue weighted by Crippen LogP contribution is 2.16. The third-order valence-electron chi connectivity index (χ3n) is 2.20. The number of halogens is 1. The molecule has 4 nitrogen and oxygen atoms in total. The van der Waals surface area contributed by atoms with Gasteiger partial charge in [0.1, 0.15) is 0 Å². The minimum atomic E-state index is -3.64. The minimum Gasteiger partial charge on any atom is -0.388 e. The van der Waals surface area contributed by atoms with Crippen LogP contribution < -0.4 is 4.72 Å². The number of nitrogens with one attached hydrogen (secondary N) is 1. The summed E-state index contributed by atoms with van der Waals surface area (Å²) in [6.07, 6.45) is 1.85. The average Bonchev–Trinajstić information content (AvgIpc) is 2.27. The predicted molar refractivity (Wildman–Crippen MR) is 75.6 cm³/mol. The molecule has 0 aliphatic rings. The summed E-state index contributed by atoms with van der Waals surface area (Å²) in [6.45, 7) is 1.55. The van der Waals surface area contributed by atoms with Crippen LogP contribution in [-0.2, 0) is 10.0 Å². The number of hydrogen-bond acceptors (Lipinski definition) is 4. The van der Waals surface area contributed by atoms with Crippen LogP contribution in [0.2, 0.25) is 5.02 Å². The van der Waals surface area contributed by atoms with Crippen LogP contribution >= 0.6 is 23.4 Å². The first-order chi connectivity index (χ1) is 8.27. The maximum Gasteiger partial charge on any atom is 0.240 e. The highest BCUT2D eigenvalue weighted by Gasteiger charge is 2.23. The molecule has 1 rings (SSSR count). The molecule has 0 aliphatic heterocycles. The molecule has 18 heavy (non-hydrogen) atoms. The zero-order valence-electron chi connectivity index (χ0n) is 10.2. The van der Waals surface area contributed by atoms with Gasteiger partial charge in [-0.3, -0.25) is 0 Å². The summed E-state index contributed by atoms with van der Waals surface area (Å²) in [5.74, 6) is 0.449. The van der Waals surface area contributed by atoms with Crippen LogP contribution in [-0.4, -0.2) is 37.7 Å². The van der Waals surface area contributed by atoms with Gasteiger partial charge in [0.25, 0.3) is 0 Å². The SMILES string of the molecule is CSC[C@](C)(O)CNS(=O)(=O)c1cccc(Cl)c1. The summed E-state index contributed by atoms with van der Waals surface area (Å²) in [6, 6.07) is 5.99. The van der Waals surface area contributed by atoms with Crippen molar-refractivity contribution in [3.63, 3.8) is 0 Å². The molecule has 0 saturated heterocycles. The van der Waals surface area contributed by atoms with Gasteiger partial charge in [-0.25, -0.2) is 13.1 Å². The van der Waals surface area contributed by atoms with E-state index in [0.29, 0.717) is 10.8 Å². The van der Waals surface area contributed by atoms with Crippen molar-refractivity contribution in [2.24, 2.45) is 0 Å². The van der Waals surface area contributed by atoms with Gasteiger partial charge in [-0.15, -0.1) is 0 Å². The maximum absolute atomic E-state index is 11.9. The Balaban J connectivity index is 2.78. The molecule has 0 saturated carbocycles. The van der Waals surface area contributed by atoms with E-state index in [1.54, 1.807) is 19.1 Å². The van der Waals surface area contributed by atoms with E-state index in [2.05, 4.69) is 4.72 Å². The number of rotatable bonds is 6. The fourth-order valence-electron chi connectivity index (χ4n) is 1.33. The summed E-state index contributed by atoms with van der Waals surface area (Å²) in [4.78, 5) is 0.0925. The van der Waals surface area contributed by atoms with Crippen molar-refractivity contribution in [2.75, 3.05) is 18.6 Å². The van der Waals surface area contributed by atoms with Crippen LogP contribution in [0.3, 0.4) is 0 Å². The lowest BCUT2D eigenvalue weighted by Gasteiger charge is -2.22. The van der Waals surface area contributed by atoms with E-state index in [1.807, 2.05) is 6.26 Å². The van der Waals surface area contributed by atoms with Gasteiger partial charge >= 0.3 is 0 Å². The van der Waals surface area contributed by atoms with E-state index >= 15 is 0 Å². The maximum atomic E-state index is 11.9. The van der Waals surface area contributed by atoms with Crippen LogP contribution in [0.15, 0.2) is 29.2 Å². The molecule has 1 aromatic carbocycles. The molecule has 0 fully saturated rings. The van der Waals surface area contributed by atoms with Gasteiger partial charge in [-0.1, -0.05) is 17.7 Å². The largest absolute Gasteiger partial charge is 0.388 e. The van der Waals surface area contributed by atoms with E-state index < -0.39 is 15.6 Å². The number of sulfonamides is 1.